The van der Waals surface area contributed by atoms with E-state index in [1.807, 2.05) is 0 Å². The van der Waals surface area contributed by atoms with Crippen molar-refractivity contribution in [3.8, 4) is 0 Å². The number of hydrogen-bond acceptors (Lipinski definition) is 2. The second-order valence-corrected chi connectivity index (χ2v) is 5.85. The lowest BCUT2D eigenvalue weighted by atomic mass is 10.00. The number of nitrogens with one attached hydrogen (secondary N) is 1. The smallest absolute Gasteiger partial charge is 0.0724 e. The van der Waals surface area contributed by atoms with E-state index in [1.165, 1.54) is 11.1 Å². The van der Waals surface area contributed by atoms with Crippen molar-refractivity contribution in [3.63, 3.8) is 0 Å². The van der Waals surface area contributed by atoms with Crippen molar-refractivity contribution in [2.45, 2.75) is 52.7 Å². The molecule has 0 aliphatic heterocycles. The molecule has 1 rings (SSSR count). The maximum Gasteiger partial charge on any atom is 0.0724 e. The topological polar surface area (TPSA) is 21.3 Å². The molecule has 0 amide bonds. The van der Waals surface area contributed by atoms with Crippen molar-refractivity contribution in [2.75, 3.05) is 13.1 Å². The van der Waals surface area contributed by atoms with Crippen LogP contribution in [0, 0.1) is 0 Å². The second kappa shape index (κ2) is 6.91. The van der Waals surface area contributed by atoms with Crippen LogP contribution >= 0.6 is 0 Å². The van der Waals surface area contributed by atoms with Crippen LogP contribution in [0.3, 0.4) is 0 Å². The standard InChI is InChI=1S/C16H27NO/c1-6-17-11-13(2)15-9-7-14(8-10-15)12-18-16(3,4)5/h7-10,13,17H,6,11-12H2,1-5H3. The monoisotopic (exact) mass is 249 g/mol. The van der Waals surface area contributed by atoms with Crippen molar-refractivity contribution in [1.82, 2.24) is 5.32 Å². The minimum Gasteiger partial charge on any atom is -0.371 e. The average Bonchev–Trinajstić information content (AvgIpc) is 2.33. The lowest BCUT2D eigenvalue weighted by Gasteiger charge is -2.20. The van der Waals surface area contributed by atoms with Gasteiger partial charge >= 0.3 is 0 Å². The minimum atomic E-state index is -0.0724. The fourth-order valence-corrected chi connectivity index (χ4v) is 1.72. The molecule has 0 bridgehead atoms. The summed E-state index contributed by atoms with van der Waals surface area (Å²) >= 11 is 0. The second-order valence-electron chi connectivity index (χ2n) is 5.85. The van der Waals surface area contributed by atoms with Crippen LogP contribution in [0.4, 0.5) is 0 Å². The first-order valence-corrected chi connectivity index (χ1v) is 6.86. The van der Waals surface area contributed by atoms with Gasteiger partial charge in [-0.05, 0) is 44.4 Å². The number of benzene rings is 1. The summed E-state index contributed by atoms with van der Waals surface area (Å²) in [5.74, 6) is 0.558. The van der Waals surface area contributed by atoms with E-state index in [0.29, 0.717) is 12.5 Å². The van der Waals surface area contributed by atoms with Crippen molar-refractivity contribution >= 4 is 0 Å². The predicted octanol–water partition coefficient (Wildman–Crippen LogP) is 3.71. The van der Waals surface area contributed by atoms with Gasteiger partial charge in [0.25, 0.3) is 0 Å². The Kier molecular flexibility index (Phi) is 5.83. The van der Waals surface area contributed by atoms with Gasteiger partial charge in [0.1, 0.15) is 0 Å². The van der Waals surface area contributed by atoms with Gasteiger partial charge in [0.2, 0.25) is 0 Å². The molecule has 0 aliphatic rings. The molecule has 102 valence electrons. The maximum atomic E-state index is 5.77. The van der Waals surface area contributed by atoms with E-state index >= 15 is 0 Å². The van der Waals surface area contributed by atoms with Gasteiger partial charge < -0.3 is 10.1 Å². The van der Waals surface area contributed by atoms with E-state index in [9.17, 15) is 0 Å². The summed E-state index contributed by atoms with van der Waals surface area (Å²) in [6.07, 6.45) is 0. The number of hydrogen-bond donors (Lipinski definition) is 1. The lowest BCUT2D eigenvalue weighted by molar-refractivity contribution is -0.0149. The summed E-state index contributed by atoms with van der Waals surface area (Å²) in [5.41, 5.74) is 2.55. The molecule has 1 unspecified atom stereocenters. The summed E-state index contributed by atoms with van der Waals surface area (Å²) in [5, 5.41) is 3.38. The third-order valence-corrected chi connectivity index (χ3v) is 2.92. The van der Waals surface area contributed by atoms with Crippen LogP contribution in [0.5, 0.6) is 0 Å². The highest BCUT2D eigenvalue weighted by Gasteiger charge is 2.10. The van der Waals surface area contributed by atoms with Gasteiger partial charge in [0.15, 0.2) is 0 Å². The van der Waals surface area contributed by atoms with E-state index in [-0.39, 0.29) is 5.60 Å². The van der Waals surface area contributed by atoms with Crippen LogP contribution in [-0.2, 0) is 11.3 Å². The van der Waals surface area contributed by atoms with E-state index in [4.69, 9.17) is 4.74 Å². The Morgan fingerprint density at radius 1 is 1.17 bits per heavy atom. The third kappa shape index (κ3) is 5.65. The van der Waals surface area contributed by atoms with E-state index in [1.54, 1.807) is 0 Å². The summed E-state index contributed by atoms with van der Waals surface area (Å²) in [6.45, 7) is 13.4. The summed E-state index contributed by atoms with van der Waals surface area (Å²) in [7, 11) is 0. The molecule has 2 heteroatoms. The number of ether oxygens (including phenoxy) is 1. The van der Waals surface area contributed by atoms with Crippen LogP contribution in [0.1, 0.15) is 51.7 Å². The molecule has 0 aliphatic carbocycles. The van der Waals surface area contributed by atoms with E-state index < -0.39 is 0 Å². The highest BCUT2D eigenvalue weighted by molar-refractivity contribution is 5.25. The highest BCUT2D eigenvalue weighted by Crippen LogP contribution is 2.17. The van der Waals surface area contributed by atoms with E-state index in [0.717, 1.165) is 13.1 Å². The molecule has 1 aromatic rings. The molecule has 0 fully saturated rings. The minimum absolute atomic E-state index is 0.0724. The van der Waals surface area contributed by atoms with Gasteiger partial charge in [-0.25, -0.2) is 0 Å². The molecule has 1 aromatic carbocycles. The molecule has 0 heterocycles. The average molecular weight is 249 g/mol. The zero-order valence-electron chi connectivity index (χ0n) is 12.4. The molecule has 0 saturated carbocycles. The molecule has 0 radical (unpaired) electrons. The zero-order valence-corrected chi connectivity index (χ0v) is 12.4. The molecule has 2 nitrogen and oxygen atoms in total. The number of rotatable bonds is 6. The van der Waals surface area contributed by atoms with Gasteiger partial charge in [-0.2, -0.15) is 0 Å². The van der Waals surface area contributed by atoms with Crippen LogP contribution < -0.4 is 5.32 Å². The Morgan fingerprint density at radius 2 is 1.78 bits per heavy atom. The summed E-state index contributed by atoms with van der Waals surface area (Å²) < 4.78 is 5.77. The Balaban J connectivity index is 2.52. The highest BCUT2D eigenvalue weighted by atomic mass is 16.5. The molecule has 1 atom stereocenters. The molecule has 0 spiro atoms. The largest absolute Gasteiger partial charge is 0.371 e. The Hall–Kier alpha value is -0.860. The van der Waals surface area contributed by atoms with Crippen molar-refractivity contribution in [1.29, 1.82) is 0 Å². The van der Waals surface area contributed by atoms with Gasteiger partial charge in [-0.15, -0.1) is 0 Å². The first kappa shape index (κ1) is 15.2. The Bertz CT molecular complexity index is 337. The van der Waals surface area contributed by atoms with Gasteiger partial charge in [-0.3, -0.25) is 0 Å². The normalized spacial score (nSPS) is 13.6. The third-order valence-electron chi connectivity index (χ3n) is 2.92. The predicted molar refractivity (Wildman–Crippen MR) is 77.9 cm³/mol. The summed E-state index contributed by atoms with van der Waals surface area (Å²) in [4.78, 5) is 0. The quantitative estimate of drug-likeness (QED) is 0.829. The van der Waals surface area contributed by atoms with Crippen molar-refractivity contribution in [2.24, 2.45) is 0 Å². The molecule has 0 saturated heterocycles. The molecule has 1 N–H and O–H groups in total. The summed E-state index contributed by atoms with van der Waals surface area (Å²) in [6, 6.07) is 8.76. The molecule has 18 heavy (non-hydrogen) atoms. The van der Waals surface area contributed by atoms with Crippen LogP contribution in [-0.4, -0.2) is 18.7 Å². The van der Waals surface area contributed by atoms with Crippen molar-refractivity contribution < 1.29 is 4.74 Å². The van der Waals surface area contributed by atoms with Crippen LogP contribution in [0.2, 0.25) is 0 Å². The first-order valence-electron chi connectivity index (χ1n) is 6.86. The van der Waals surface area contributed by atoms with Crippen LogP contribution in [0.15, 0.2) is 24.3 Å². The first-order chi connectivity index (χ1) is 8.42. The molecule has 0 aromatic heterocycles. The lowest BCUT2D eigenvalue weighted by Crippen LogP contribution is -2.19. The maximum absolute atomic E-state index is 5.77. The van der Waals surface area contributed by atoms with Gasteiger partial charge in [0.05, 0.1) is 12.2 Å². The molecular formula is C16H27NO. The van der Waals surface area contributed by atoms with E-state index in [2.05, 4.69) is 64.2 Å². The SMILES string of the molecule is CCNCC(C)c1ccc(COC(C)(C)C)cc1. The number of likely N-dealkylation sites (N-methyl/N-ethyl adjacent to an activating group) is 1. The Morgan fingerprint density at radius 3 is 2.28 bits per heavy atom. The zero-order chi connectivity index (χ0) is 13.6. The fourth-order valence-electron chi connectivity index (χ4n) is 1.72. The van der Waals surface area contributed by atoms with Gasteiger partial charge in [-0.1, -0.05) is 38.1 Å². The Labute approximate surface area is 112 Å². The fraction of sp³-hybridized carbons (Fsp3) is 0.625. The van der Waals surface area contributed by atoms with Crippen molar-refractivity contribution in [3.05, 3.63) is 35.4 Å². The van der Waals surface area contributed by atoms with Gasteiger partial charge in [0, 0.05) is 6.54 Å². The van der Waals surface area contributed by atoms with Crippen LogP contribution in [0.25, 0.3) is 0 Å². The molecular weight excluding hydrogens is 222 g/mol.